The summed E-state index contributed by atoms with van der Waals surface area (Å²) in [6, 6.07) is 62.3. The smallest absolute Gasteiger partial charge is 0.142 e. The number of nitrogens with zero attached hydrogens (tertiary/aromatic N) is 2. The van der Waals surface area contributed by atoms with Crippen LogP contribution in [0, 0.1) is 0 Å². The summed E-state index contributed by atoms with van der Waals surface area (Å²) in [6.07, 6.45) is 13.5. The van der Waals surface area contributed by atoms with E-state index in [1.54, 1.807) is 0 Å². The van der Waals surface area contributed by atoms with Crippen molar-refractivity contribution in [1.29, 1.82) is 0 Å². The van der Waals surface area contributed by atoms with E-state index in [0.29, 0.717) is 12.0 Å². The summed E-state index contributed by atoms with van der Waals surface area (Å²) >= 11 is 0. The van der Waals surface area contributed by atoms with Gasteiger partial charge in [-0.05, 0) is 108 Å². The van der Waals surface area contributed by atoms with Gasteiger partial charge in [-0.1, -0.05) is 140 Å². The molecular weight excluding hydrogens is 693 g/mol. The quantitative estimate of drug-likeness (QED) is 0.152. The summed E-state index contributed by atoms with van der Waals surface area (Å²) in [5.74, 6) is 1.52. The number of para-hydroxylation sites is 4. The summed E-state index contributed by atoms with van der Waals surface area (Å²) in [7, 11) is 0. The van der Waals surface area contributed by atoms with Crippen LogP contribution in [0.5, 0.6) is 0 Å². The second-order valence-corrected chi connectivity index (χ2v) is 15.4. The lowest BCUT2D eigenvalue weighted by Crippen LogP contribution is -2.30. The number of rotatable bonds is 7. The van der Waals surface area contributed by atoms with Crippen LogP contribution < -0.4 is 9.80 Å². The second kappa shape index (κ2) is 14.0. The van der Waals surface area contributed by atoms with E-state index < -0.39 is 0 Å². The van der Waals surface area contributed by atoms with Gasteiger partial charge in [0, 0.05) is 56.4 Å². The minimum atomic E-state index is 0.335. The molecule has 0 spiro atoms. The molecule has 3 heteroatoms. The molecule has 2 aliphatic carbocycles. The lowest BCUT2D eigenvalue weighted by molar-refractivity contribution is 0.573. The average molecular weight is 735 g/mol. The van der Waals surface area contributed by atoms with Crippen LogP contribution in [0.2, 0.25) is 0 Å². The van der Waals surface area contributed by atoms with E-state index in [9.17, 15) is 0 Å². The molecule has 0 saturated carbocycles. The summed E-state index contributed by atoms with van der Waals surface area (Å²) in [6.45, 7) is 0. The highest BCUT2D eigenvalue weighted by atomic mass is 16.3. The highest BCUT2D eigenvalue weighted by Crippen LogP contribution is 2.51. The zero-order valence-electron chi connectivity index (χ0n) is 31.8. The molecular formula is C54H42N2O. The van der Waals surface area contributed by atoms with E-state index in [1.165, 1.54) is 62.1 Å². The summed E-state index contributed by atoms with van der Waals surface area (Å²) in [5, 5.41) is 1.22. The molecule has 11 rings (SSSR count). The fourth-order valence-electron chi connectivity index (χ4n) is 9.61. The fraction of sp³-hybridized carbons (Fsp3) is 0.111. The van der Waals surface area contributed by atoms with Crippen LogP contribution in [-0.4, -0.2) is 6.04 Å². The molecule has 0 N–H and O–H groups in total. The monoisotopic (exact) mass is 734 g/mol. The van der Waals surface area contributed by atoms with Crippen molar-refractivity contribution in [2.75, 3.05) is 9.80 Å². The van der Waals surface area contributed by atoms with Crippen molar-refractivity contribution in [3.63, 3.8) is 0 Å². The first-order valence-corrected chi connectivity index (χ1v) is 20.3. The van der Waals surface area contributed by atoms with Gasteiger partial charge in [0.15, 0.2) is 0 Å². The van der Waals surface area contributed by atoms with Gasteiger partial charge in [-0.3, -0.25) is 0 Å². The first-order valence-electron chi connectivity index (χ1n) is 20.3. The van der Waals surface area contributed by atoms with Crippen molar-refractivity contribution in [3.8, 4) is 33.4 Å². The molecule has 0 saturated heterocycles. The van der Waals surface area contributed by atoms with E-state index in [4.69, 9.17) is 4.42 Å². The molecule has 0 bridgehead atoms. The molecule has 0 radical (unpaired) electrons. The number of allylic oxidation sites excluding steroid dienone is 2. The molecule has 8 aromatic rings. The summed E-state index contributed by atoms with van der Waals surface area (Å²) in [5.41, 5.74) is 16.8. The summed E-state index contributed by atoms with van der Waals surface area (Å²) < 4.78 is 6.52. The van der Waals surface area contributed by atoms with Crippen molar-refractivity contribution in [1.82, 2.24) is 0 Å². The SMILES string of the molecule is C1=Cc2oc3c(-c4ccccc4-c4ccc(N(c5ccccc5)c5ccc(-c6ccccc6N6c7ccccc7C7CCC=CC76)cc5)cc4)cccc3c2CC1. The number of benzene rings is 7. The van der Waals surface area contributed by atoms with E-state index in [0.717, 1.165) is 53.2 Å². The second-order valence-electron chi connectivity index (χ2n) is 15.4. The third kappa shape index (κ3) is 5.73. The van der Waals surface area contributed by atoms with Crippen LogP contribution in [0.3, 0.4) is 0 Å². The molecule has 57 heavy (non-hydrogen) atoms. The highest BCUT2D eigenvalue weighted by molar-refractivity contribution is 6.00. The van der Waals surface area contributed by atoms with E-state index in [2.05, 4.69) is 204 Å². The van der Waals surface area contributed by atoms with E-state index in [1.807, 2.05) is 0 Å². The van der Waals surface area contributed by atoms with Crippen molar-refractivity contribution < 1.29 is 4.42 Å². The highest BCUT2D eigenvalue weighted by Gasteiger charge is 2.39. The van der Waals surface area contributed by atoms with Crippen molar-refractivity contribution >= 4 is 45.5 Å². The van der Waals surface area contributed by atoms with Gasteiger partial charge in [-0.2, -0.15) is 0 Å². The number of aryl methyl sites for hydroxylation is 1. The number of furan rings is 1. The Hall–Kier alpha value is -6.84. The van der Waals surface area contributed by atoms with E-state index in [-0.39, 0.29) is 0 Å². The van der Waals surface area contributed by atoms with Gasteiger partial charge < -0.3 is 14.2 Å². The molecule has 2 atom stereocenters. The van der Waals surface area contributed by atoms with Gasteiger partial charge in [0.2, 0.25) is 0 Å². The molecule has 7 aromatic carbocycles. The molecule has 3 aliphatic rings. The molecule has 2 unspecified atom stereocenters. The van der Waals surface area contributed by atoms with Crippen molar-refractivity contribution in [2.45, 2.75) is 37.6 Å². The lowest BCUT2D eigenvalue weighted by atomic mass is 9.86. The molecule has 0 amide bonds. The van der Waals surface area contributed by atoms with Gasteiger partial charge in [-0.15, -0.1) is 0 Å². The lowest BCUT2D eigenvalue weighted by Gasteiger charge is -2.32. The van der Waals surface area contributed by atoms with Gasteiger partial charge in [0.1, 0.15) is 11.3 Å². The molecule has 1 aliphatic heterocycles. The Bertz CT molecular complexity index is 2810. The Morgan fingerprint density at radius 2 is 1.14 bits per heavy atom. The maximum atomic E-state index is 6.52. The zero-order chi connectivity index (χ0) is 37.7. The number of anilines is 5. The third-order valence-electron chi connectivity index (χ3n) is 12.2. The Labute approximate surface area is 334 Å². The average Bonchev–Trinajstić information content (AvgIpc) is 3.84. The van der Waals surface area contributed by atoms with Crippen molar-refractivity contribution in [3.05, 3.63) is 205 Å². The molecule has 3 nitrogen and oxygen atoms in total. The number of hydrogen-bond acceptors (Lipinski definition) is 3. The molecule has 2 heterocycles. The Morgan fingerprint density at radius 3 is 1.93 bits per heavy atom. The van der Waals surface area contributed by atoms with E-state index >= 15 is 0 Å². The first-order chi connectivity index (χ1) is 28.3. The normalized spacial score (nSPS) is 16.7. The fourth-order valence-corrected chi connectivity index (χ4v) is 9.61. The topological polar surface area (TPSA) is 19.6 Å². The third-order valence-corrected chi connectivity index (χ3v) is 12.2. The maximum absolute atomic E-state index is 6.52. The predicted octanol–water partition coefficient (Wildman–Crippen LogP) is 14.8. The van der Waals surface area contributed by atoms with Gasteiger partial charge in [0.05, 0.1) is 6.04 Å². The molecule has 0 fully saturated rings. The van der Waals surface area contributed by atoms with Crippen LogP contribution in [-0.2, 0) is 6.42 Å². The minimum Gasteiger partial charge on any atom is -0.456 e. The maximum Gasteiger partial charge on any atom is 0.142 e. The zero-order valence-corrected chi connectivity index (χ0v) is 31.8. The van der Waals surface area contributed by atoms with Crippen LogP contribution in [0.1, 0.15) is 42.1 Å². The Morgan fingerprint density at radius 1 is 0.509 bits per heavy atom. The van der Waals surface area contributed by atoms with Crippen LogP contribution in [0.15, 0.2) is 193 Å². The standard InChI is InChI=1S/C54H42N2O/c1-2-15-39(16-3-1)55(40-33-29-37(30-34-40)42-17-4-5-19-44(42)48-23-14-24-49-47-22-9-13-28-53(47)57-54(48)49)41-35-31-38(32-36-41)43-18-6-10-25-50(43)56-51-26-11-7-20-45(51)46-21-8-12-27-52(46)56/h1-7,10-20,23-36,46,52H,8-9,21-22H2. The summed E-state index contributed by atoms with van der Waals surface area (Å²) in [4.78, 5) is 4.93. The van der Waals surface area contributed by atoms with Crippen LogP contribution in [0.25, 0.3) is 50.4 Å². The number of fused-ring (bicyclic) bond motifs is 6. The largest absolute Gasteiger partial charge is 0.456 e. The molecule has 1 aromatic heterocycles. The number of hydrogen-bond donors (Lipinski definition) is 0. The van der Waals surface area contributed by atoms with Gasteiger partial charge in [0.25, 0.3) is 0 Å². The predicted molar refractivity (Wildman–Crippen MR) is 238 cm³/mol. The van der Waals surface area contributed by atoms with Gasteiger partial charge >= 0.3 is 0 Å². The van der Waals surface area contributed by atoms with Crippen LogP contribution in [0.4, 0.5) is 28.4 Å². The molecule has 274 valence electrons. The first kappa shape index (κ1) is 33.5. The Kier molecular flexibility index (Phi) is 8.24. The van der Waals surface area contributed by atoms with Crippen molar-refractivity contribution in [2.24, 2.45) is 0 Å². The van der Waals surface area contributed by atoms with Crippen LogP contribution >= 0.6 is 0 Å². The Balaban J connectivity index is 0.945. The van der Waals surface area contributed by atoms with Gasteiger partial charge in [-0.25, -0.2) is 0 Å². The minimum absolute atomic E-state index is 0.335.